The van der Waals surface area contributed by atoms with Crippen LogP contribution in [0, 0.1) is 0 Å². The van der Waals surface area contributed by atoms with Crippen molar-refractivity contribution in [2.45, 2.75) is 6.42 Å². The van der Waals surface area contributed by atoms with Crippen molar-refractivity contribution in [1.29, 1.82) is 0 Å². The van der Waals surface area contributed by atoms with Crippen LogP contribution in [0.15, 0.2) is 18.2 Å². The van der Waals surface area contributed by atoms with E-state index in [0.717, 1.165) is 12.0 Å². The van der Waals surface area contributed by atoms with Crippen LogP contribution in [-0.2, 0) is 6.42 Å². The molecule has 1 aromatic carbocycles. The molecule has 3 N–H and O–H groups in total. The fourth-order valence-corrected chi connectivity index (χ4v) is 1.53. The standard InChI is InChI=1S/C8H7Cl3.H3N/c9-4-3-6-1-2-7(10)5-8(6)11;/h1-2,5H,3-4H2;1H3. The van der Waals surface area contributed by atoms with E-state index in [1.165, 1.54) is 0 Å². The van der Waals surface area contributed by atoms with Gasteiger partial charge in [0.15, 0.2) is 0 Å². The SMILES string of the molecule is ClCCc1ccc(Cl)cc1Cl.N. The molecule has 1 nitrogen and oxygen atoms in total. The van der Waals surface area contributed by atoms with E-state index in [1.807, 2.05) is 12.1 Å². The summed E-state index contributed by atoms with van der Waals surface area (Å²) < 4.78 is 0. The zero-order valence-corrected chi connectivity index (χ0v) is 8.76. The Hall–Kier alpha value is 0.0500. The maximum Gasteiger partial charge on any atom is 0.0453 e. The molecule has 0 bridgehead atoms. The molecule has 0 unspecified atom stereocenters. The lowest BCUT2D eigenvalue weighted by Gasteiger charge is -2.00. The smallest absolute Gasteiger partial charge is 0.0453 e. The quantitative estimate of drug-likeness (QED) is 0.762. The summed E-state index contributed by atoms with van der Waals surface area (Å²) in [6.45, 7) is 0. The van der Waals surface area contributed by atoms with Crippen molar-refractivity contribution in [3.05, 3.63) is 33.8 Å². The Kier molecular flexibility index (Phi) is 5.68. The van der Waals surface area contributed by atoms with E-state index in [1.54, 1.807) is 6.07 Å². The number of halogens is 3. The monoisotopic (exact) mass is 225 g/mol. The molecule has 0 saturated heterocycles. The minimum atomic E-state index is 0. The summed E-state index contributed by atoms with van der Waals surface area (Å²) in [5.74, 6) is 0.585. The van der Waals surface area contributed by atoms with Gasteiger partial charge in [-0.05, 0) is 24.1 Å². The van der Waals surface area contributed by atoms with E-state index < -0.39 is 0 Å². The average molecular weight is 227 g/mol. The van der Waals surface area contributed by atoms with E-state index in [4.69, 9.17) is 34.8 Å². The molecular formula is C8H10Cl3N. The number of aryl methyl sites for hydroxylation is 1. The second kappa shape index (κ2) is 5.65. The average Bonchev–Trinajstić information content (AvgIpc) is 1.95. The van der Waals surface area contributed by atoms with Crippen molar-refractivity contribution in [2.24, 2.45) is 0 Å². The Morgan fingerprint density at radius 3 is 2.33 bits per heavy atom. The molecule has 0 spiro atoms. The molecular weight excluding hydrogens is 216 g/mol. The lowest BCUT2D eigenvalue weighted by molar-refractivity contribution is 1.15. The third-order valence-electron chi connectivity index (χ3n) is 1.38. The first-order valence-corrected chi connectivity index (χ1v) is 4.53. The van der Waals surface area contributed by atoms with Gasteiger partial charge >= 0.3 is 0 Å². The Morgan fingerprint density at radius 1 is 1.17 bits per heavy atom. The van der Waals surface area contributed by atoms with Gasteiger partial charge in [-0.25, -0.2) is 0 Å². The molecule has 0 atom stereocenters. The molecule has 0 heterocycles. The Morgan fingerprint density at radius 2 is 1.83 bits per heavy atom. The largest absolute Gasteiger partial charge is 0.344 e. The van der Waals surface area contributed by atoms with Gasteiger partial charge in [-0.1, -0.05) is 29.3 Å². The summed E-state index contributed by atoms with van der Waals surface area (Å²) in [4.78, 5) is 0. The van der Waals surface area contributed by atoms with E-state index in [9.17, 15) is 0 Å². The minimum Gasteiger partial charge on any atom is -0.344 e. The molecule has 0 radical (unpaired) electrons. The first-order valence-electron chi connectivity index (χ1n) is 3.24. The maximum atomic E-state index is 5.87. The molecule has 0 aliphatic carbocycles. The van der Waals surface area contributed by atoms with Gasteiger partial charge in [-0.2, -0.15) is 0 Å². The molecule has 0 fully saturated rings. The van der Waals surface area contributed by atoms with Gasteiger partial charge in [0.1, 0.15) is 0 Å². The lowest BCUT2D eigenvalue weighted by Crippen LogP contribution is -1.86. The molecule has 0 saturated carbocycles. The zero-order chi connectivity index (χ0) is 8.27. The summed E-state index contributed by atoms with van der Waals surface area (Å²) in [7, 11) is 0. The van der Waals surface area contributed by atoms with Gasteiger partial charge in [0.05, 0.1) is 0 Å². The van der Waals surface area contributed by atoms with Crippen LogP contribution in [-0.4, -0.2) is 5.88 Å². The highest BCUT2D eigenvalue weighted by Crippen LogP contribution is 2.21. The van der Waals surface area contributed by atoms with Gasteiger partial charge in [0.25, 0.3) is 0 Å². The highest BCUT2D eigenvalue weighted by Gasteiger charge is 1.99. The number of hydrogen-bond acceptors (Lipinski definition) is 1. The first-order chi connectivity index (χ1) is 5.24. The third kappa shape index (κ3) is 3.20. The Balaban J connectivity index is 0.00000121. The van der Waals surface area contributed by atoms with Gasteiger partial charge < -0.3 is 6.15 Å². The van der Waals surface area contributed by atoms with E-state index in [-0.39, 0.29) is 6.15 Å². The van der Waals surface area contributed by atoms with E-state index in [2.05, 4.69) is 0 Å². The van der Waals surface area contributed by atoms with Crippen LogP contribution >= 0.6 is 34.8 Å². The first kappa shape index (κ1) is 12.0. The maximum absolute atomic E-state index is 5.87. The molecule has 0 aliphatic rings. The van der Waals surface area contributed by atoms with Gasteiger partial charge in [0.2, 0.25) is 0 Å². The Bertz CT molecular complexity index is 250. The molecule has 68 valence electrons. The number of benzene rings is 1. The van der Waals surface area contributed by atoms with Gasteiger partial charge in [0, 0.05) is 15.9 Å². The predicted octanol–water partition coefficient (Wildman–Crippen LogP) is 3.94. The van der Waals surface area contributed by atoms with Gasteiger partial charge in [-0.3, -0.25) is 0 Å². The summed E-state index contributed by atoms with van der Waals surface area (Å²) in [6, 6.07) is 5.44. The molecule has 0 aromatic heterocycles. The summed E-state index contributed by atoms with van der Waals surface area (Å²) in [5.41, 5.74) is 1.05. The lowest BCUT2D eigenvalue weighted by atomic mass is 10.2. The molecule has 1 aromatic rings. The molecule has 1 rings (SSSR count). The van der Waals surface area contributed by atoms with Crippen LogP contribution in [0.25, 0.3) is 0 Å². The fraction of sp³-hybridized carbons (Fsp3) is 0.250. The number of alkyl halides is 1. The van der Waals surface area contributed by atoms with Crippen LogP contribution in [0.4, 0.5) is 0 Å². The van der Waals surface area contributed by atoms with Crippen molar-refractivity contribution in [3.8, 4) is 0 Å². The fourth-order valence-electron chi connectivity index (χ4n) is 0.826. The minimum absolute atomic E-state index is 0. The highest BCUT2D eigenvalue weighted by atomic mass is 35.5. The zero-order valence-electron chi connectivity index (χ0n) is 6.49. The van der Waals surface area contributed by atoms with Crippen molar-refractivity contribution in [3.63, 3.8) is 0 Å². The van der Waals surface area contributed by atoms with Crippen molar-refractivity contribution < 1.29 is 0 Å². The topological polar surface area (TPSA) is 35.0 Å². The number of rotatable bonds is 2. The van der Waals surface area contributed by atoms with Crippen molar-refractivity contribution in [1.82, 2.24) is 6.15 Å². The second-order valence-corrected chi connectivity index (χ2v) is 3.40. The van der Waals surface area contributed by atoms with E-state index >= 15 is 0 Å². The van der Waals surface area contributed by atoms with Crippen molar-refractivity contribution in [2.75, 3.05) is 5.88 Å². The molecule has 0 aliphatic heterocycles. The van der Waals surface area contributed by atoms with Crippen molar-refractivity contribution >= 4 is 34.8 Å². The molecule has 0 amide bonds. The number of hydrogen-bond donors (Lipinski definition) is 1. The third-order valence-corrected chi connectivity index (χ3v) is 2.15. The van der Waals surface area contributed by atoms with Crippen LogP contribution in [0.1, 0.15) is 5.56 Å². The summed E-state index contributed by atoms with van der Waals surface area (Å²) >= 11 is 17.1. The second-order valence-electron chi connectivity index (χ2n) is 2.17. The summed E-state index contributed by atoms with van der Waals surface area (Å²) in [5, 5.41) is 1.35. The normalized spacial score (nSPS) is 9.25. The van der Waals surface area contributed by atoms with Crippen LogP contribution in [0.5, 0.6) is 0 Å². The highest BCUT2D eigenvalue weighted by molar-refractivity contribution is 6.35. The summed E-state index contributed by atoms with van der Waals surface area (Å²) in [6.07, 6.45) is 0.789. The Labute approximate surface area is 87.2 Å². The molecule has 12 heavy (non-hydrogen) atoms. The van der Waals surface area contributed by atoms with Crippen LogP contribution < -0.4 is 6.15 Å². The molecule has 4 heteroatoms. The van der Waals surface area contributed by atoms with Crippen LogP contribution in [0.2, 0.25) is 10.0 Å². The van der Waals surface area contributed by atoms with E-state index in [0.29, 0.717) is 15.9 Å². The predicted molar refractivity (Wildman–Crippen MR) is 55.9 cm³/mol. The van der Waals surface area contributed by atoms with Gasteiger partial charge in [-0.15, -0.1) is 11.6 Å². The van der Waals surface area contributed by atoms with Crippen LogP contribution in [0.3, 0.4) is 0 Å².